The lowest BCUT2D eigenvalue weighted by Crippen LogP contribution is -2.57. The lowest BCUT2D eigenvalue weighted by atomic mass is 9.47. The first-order valence-electron chi connectivity index (χ1n) is 12.1. The molecule has 5 atom stereocenters. The Hall–Kier alpha value is -1.16. The number of nitrogens with zero attached hydrogens (tertiary/aromatic N) is 2. The highest BCUT2D eigenvalue weighted by Gasteiger charge is 2.59. The number of carbonyl (C=O) groups is 2. The van der Waals surface area contributed by atoms with Gasteiger partial charge < -0.3 is 20.4 Å². The molecule has 2 amide bonds. The summed E-state index contributed by atoms with van der Waals surface area (Å²) in [6.07, 6.45) is 7.08. The van der Waals surface area contributed by atoms with Crippen molar-refractivity contribution < 1.29 is 19.8 Å². The average molecular weight is 496 g/mol. The molecule has 1 aromatic rings. The van der Waals surface area contributed by atoms with E-state index in [1.54, 1.807) is 0 Å². The van der Waals surface area contributed by atoms with Gasteiger partial charge in [-0.2, -0.15) is 11.8 Å². The third-order valence-electron chi connectivity index (χ3n) is 8.50. The van der Waals surface area contributed by atoms with E-state index in [4.69, 9.17) is 4.98 Å². The highest BCUT2D eigenvalue weighted by Crippen LogP contribution is 2.62. The van der Waals surface area contributed by atoms with Crippen LogP contribution in [0.3, 0.4) is 0 Å². The second-order valence-electron chi connectivity index (χ2n) is 10.5. The lowest BCUT2D eigenvalue weighted by molar-refractivity contribution is -0.147. The van der Waals surface area contributed by atoms with Crippen LogP contribution in [0.15, 0.2) is 0 Å². The molecule has 4 rings (SSSR count). The number of aliphatic hydroxyl groups excluding tert-OH is 2. The molecular weight excluding hydrogens is 458 g/mol. The highest BCUT2D eigenvalue weighted by molar-refractivity contribution is 7.99. The number of fused-ring (bicyclic) bond motifs is 2. The number of aliphatic hydroxyl groups is 2. The topological polar surface area (TPSA) is 103 Å². The van der Waals surface area contributed by atoms with E-state index in [0.717, 1.165) is 42.9 Å². The van der Waals surface area contributed by atoms with Gasteiger partial charge in [0.05, 0.1) is 24.2 Å². The molecule has 184 valence electrons. The van der Waals surface area contributed by atoms with Crippen molar-refractivity contribution in [1.82, 2.24) is 9.88 Å². The maximum absolute atomic E-state index is 13.4. The maximum Gasteiger partial charge on any atom is 0.236 e. The molecule has 3 aliphatic rings. The number of hydrogen-bond acceptors (Lipinski definition) is 7. The van der Waals surface area contributed by atoms with Crippen molar-refractivity contribution in [3.8, 4) is 0 Å². The SMILES string of the molecule is CSCC(=O)Nc1nc2c(s1)C[C@@H]1[C@](C)(CO)[C@H](O)CC[C@@]1(C)[C@@H]2CC(=O)N1CCCCC1. The predicted molar refractivity (Wildman–Crippen MR) is 133 cm³/mol. The van der Waals surface area contributed by atoms with Gasteiger partial charge in [-0.1, -0.05) is 13.8 Å². The van der Waals surface area contributed by atoms with Crippen LogP contribution in [0, 0.1) is 16.7 Å². The van der Waals surface area contributed by atoms with E-state index in [9.17, 15) is 19.8 Å². The molecule has 0 bridgehead atoms. The van der Waals surface area contributed by atoms with E-state index in [0.29, 0.717) is 30.1 Å². The number of likely N-dealkylation sites (tertiary alicyclic amines) is 1. The average Bonchev–Trinajstić information content (AvgIpc) is 3.20. The minimum atomic E-state index is -0.636. The smallest absolute Gasteiger partial charge is 0.236 e. The van der Waals surface area contributed by atoms with Gasteiger partial charge in [0.15, 0.2) is 5.13 Å². The van der Waals surface area contributed by atoms with Crippen LogP contribution in [0.25, 0.3) is 0 Å². The van der Waals surface area contributed by atoms with E-state index < -0.39 is 11.5 Å². The minimum absolute atomic E-state index is 0.0283. The first-order chi connectivity index (χ1) is 15.7. The summed E-state index contributed by atoms with van der Waals surface area (Å²) in [6, 6.07) is 0. The Morgan fingerprint density at radius 2 is 2.00 bits per heavy atom. The van der Waals surface area contributed by atoms with Crippen molar-refractivity contribution in [3.05, 3.63) is 10.6 Å². The summed E-state index contributed by atoms with van der Waals surface area (Å²) < 4.78 is 0. The monoisotopic (exact) mass is 495 g/mol. The van der Waals surface area contributed by atoms with Gasteiger partial charge in [-0.3, -0.25) is 9.59 Å². The van der Waals surface area contributed by atoms with Crippen LogP contribution in [-0.4, -0.2) is 69.7 Å². The molecule has 2 fully saturated rings. The maximum atomic E-state index is 13.4. The fourth-order valence-corrected chi connectivity index (χ4v) is 7.85. The quantitative estimate of drug-likeness (QED) is 0.560. The number of hydrogen-bond donors (Lipinski definition) is 3. The zero-order chi connectivity index (χ0) is 23.8. The lowest BCUT2D eigenvalue weighted by Gasteiger charge is -2.58. The Morgan fingerprint density at radius 1 is 1.27 bits per heavy atom. The number of thiazole rings is 1. The summed E-state index contributed by atoms with van der Waals surface area (Å²) in [7, 11) is 0. The second-order valence-corrected chi connectivity index (χ2v) is 12.4. The van der Waals surface area contributed by atoms with Crippen molar-refractivity contribution in [2.45, 2.75) is 70.8 Å². The molecule has 0 radical (unpaired) electrons. The third kappa shape index (κ3) is 4.58. The van der Waals surface area contributed by atoms with Crippen molar-refractivity contribution in [2.24, 2.45) is 16.7 Å². The summed E-state index contributed by atoms with van der Waals surface area (Å²) in [5.41, 5.74) is 0.0351. The highest BCUT2D eigenvalue weighted by atomic mass is 32.2. The second kappa shape index (κ2) is 9.84. The molecule has 7 nitrogen and oxygen atoms in total. The Balaban J connectivity index is 1.70. The summed E-state index contributed by atoms with van der Waals surface area (Å²) in [5, 5.41) is 24.8. The molecule has 0 spiro atoms. The molecule has 33 heavy (non-hydrogen) atoms. The van der Waals surface area contributed by atoms with Crippen molar-refractivity contribution >= 4 is 40.0 Å². The fourth-order valence-electron chi connectivity index (χ4n) is 6.43. The molecule has 9 heteroatoms. The van der Waals surface area contributed by atoms with Gasteiger partial charge in [0.2, 0.25) is 11.8 Å². The number of anilines is 1. The summed E-state index contributed by atoms with van der Waals surface area (Å²) in [4.78, 5) is 33.5. The standard InChI is InChI=1S/C24H37N3O4S2/c1-23-8-7-18(29)24(2,14-28)17(23)12-16-21(26-22(33-16)25-19(30)13-32-3)15(23)11-20(31)27-9-5-4-6-10-27/h15,17-18,28-29H,4-14H2,1-3H3,(H,25,26,30)/t15-,17+,18-,23+,24+/m1/s1. The normalized spacial score (nSPS) is 33.8. The van der Waals surface area contributed by atoms with Gasteiger partial charge in [-0.15, -0.1) is 11.3 Å². The molecule has 0 unspecified atom stereocenters. The Bertz CT molecular complexity index is 887. The summed E-state index contributed by atoms with van der Waals surface area (Å²) in [6.45, 7) is 5.75. The van der Waals surface area contributed by atoms with Crippen molar-refractivity contribution in [1.29, 1.82) is 0 Å². The van der Waals surface area contributed by atoms with Gasteiger partial charge in [-0.25, -0.2) is 4.98 Å². The summed E-state index contributed by atoms with van der Waals surface area (Å²) >= 11 is 2.95. The molecular formula is C24H37N3O4S2. The Morgan fingerprint density at radius 3 is 2.67 bits per heavy atom. The zero-order valence-electron chi connectivity index (χ0n) is 19.9. The van der Waals surface area contributed by atoms with Crippen molar-refractivity contribution in [3.63, 3.8) is 0 Å². The van der Waals surface area contributed by atoms with Crippen LogP contribution in [0.4, 0.5) is 5.13 Å². The molecule has 1 saturated carbocycles. The van der Waals surface area contributed by atoms with E-state index in [1.165, 1.54) is 29.5 Å². The van der Waals surface area contributed by atoms with Gasteiger partial charge in [0.1, 0.15) is 0 Å². The molecule has 3 N–H and O–H groups in total. The number of aromatic nitrogens is 1. The van der Waals surface area contributed by atoms with Crippen LogP contribution in [0.1, 0.15) is 68.9 Å². The first-order valence-corrected chi connectivity index (χ1v) is 14.3. The van der Waals surface area contributed by atoms with Gasteiger partial charge >= 0.3 is 0 Å². The van der Waals surface area contributed by atoms with Gasteiger partial charge in [-0.05, 0) is 56.1 Å². The van der Waals surface area contributed by atoms with Crippen LogP contribution < -0.4 is 5.32 Å². The summed E-state index contributed by atoms with van der Waals surface area (Å²) in [5.74, 6) is 0.400. The molecule has 2 aliphatic carbocycles. The fraction of sp³-hybridized carbons (Fsp3) is 0.792. The van der Waals surface area contributed by atoms with Gasteiger partial charge in [0.25, 0.3) is 0 Å². The van der Waals surface area contributed by atoms with Gasteiger partial charge in [0, 0.05) is 35.7 Å². The van der Waals surface area contributed by atoms with E-state index >= 15 is 0 Å². The van der Waals surface area contributed by atoms with E-state index in [2.05, 4.69) is 12.2 Å². The van der Waals surface area contributed by atoms with Crippen LogP contribution in [-0.2, 0) is 16.0 Å². The molecule has 1 aromatic heterocycles. The number of amides is 2. The molecule has 0 aromatic carbocycles. The largest absolute Gasteiger partial charge is 0.396 e. The number of carbonyl (C=O) groups excluding carboxylic acids is 2. The number of nitrogens with one attached hydrogen (secondary N) is 1. The third-order valence-corrected chi connectivity index (χ3v) is 10.1. The number of thioether (sulfide) groups is 1. The van der Waals surface area contributed by atoms with Crippen LogP contribution in [0.5, 0.6) is 0 Å². The predicted octanol–water partition coefficient (Wildman–Crippen LogP) is 3.26. The van der Waals surface area contributed by atoms with E-state index in [-0.39, 0.29) is 35.7 Å². The van der Waals surface area contributed by atoms with Crippen molar-refractivity contribution in [2.75, 3.05) is 37.0 Å². The Labute approximate surface area is 204 Å². The number of rotatable bonds is 6. The number of piperidine rings is 1. The zero-order valence-corrected chi connectivity index (χ0v) is 21.6. The first kappa shape index (κ1) is 24.9. The van der Waals surface area contributed by atoms with E-state index in [1.807, 2.05) is 18.1 Å². The Kier molecular flexibility index (Phi) is 7.44. The molecule has 1 aliphatic heterocycles. The van der Waals surface area contributed by atoms with Crippen LogP contribution in [0.2, 0.25) is 0 Å². The molecule has 2 heterocycles. The van der Waals surface area contributed by atoms with Crippen LogP contribution >= 0.6 is 23.1 Å². The molecule has 1 saturated heterocycles. The minimum Gasteiger partial charge on any atom is -0.396 e.